The highest BCUT2D eigenvalue weighted by atomic mass is 16.6. The van der Waals surface area contributed by atoms with Crippen molar-refractivity contribution in [2.45, 2.75) is 19.8 Å². The molecule has 158 valence electrons. The van der Waals surface area contributed by atoms with Gasteiger partial charge in [0.05, 0.1) is 27.9 Å². The van der Waals surface area contributed by atoms with Gasteiger partial charge in [-0.3, -0.25) is 0 Å². The monoisotopic (exact) mass is 411 g/mol. The van der Waals surface area contributed by atoms with Gasteiger partial charge < -0.3 is 23.7 Å². The minimum atomic E-state index is -0.526. The summed E-state index contributed by atoms with van der Waals surface area (Å²) in [7, 11) is 4.56. The molecule has 0 aromatic heterocycles. The van der Waals surface area contributed by atoms with E-state index in [0.717, 1.165) is 24.2 Å². The summed E-state index contributed by atoms with van der Waals surface area (Å²) in [4.78, 5) is 16.7. The van der Waals surface area contributed by atoms with Crippen LogP contribution in [0.1, 0.15) is 30.9 Å². The molecule has 0 fully saturated rings. The molecule has 0 bridgehead atoms. The Bertz CT molecular complexity index is 937. The highest BCUT2D eigenvalue weighted by molar-refractivity contribution is 6.13. The zero-order valence-corrected chi connectivity index (χ0v) is 17.6. The van der Waals surface area contributed by atoms with E-state index >= 15 is 0 Å². The molecular formula is C23H25NO6. The van der Waals surface area contributed by atoms with Crippen molar-refractivity contribution in [3.63, 3.8) is 0 Å². The molecule has 0 saturated heterocycles. The van der Waals surface area contributed by atoms with E-state index in [1.165, 1.54) is 21.3 Å². The molecule has 1 heterocycles. The summed E-state index contributed by atoms with van der Waals surface area (Å²) in [5.41, 5.74) is 1.57. The lowest BCUT2D eigenvalue weighted by atomic mass is 10.1. The highest BCUT2D eigenvalue weighted by Gasteiger charge is 2.26. The SMILES string of the molecule is CCCCOc1ccc(/C=C2/N=C(c3cc(OC)c(OC)c(OC)c3)OC2=O)cc1. The normalized spacial score (nSPS) is 14.3. The van der Waals surface area contributed by atoms with Crippen molar-refractivity contribution in [2.75, 3.05) is 27.9 Å². The Morgan fingerprint density at radius 1 is 1.00 bits per heavy atom. The van der Waals surface area contributed by atoms with Gasteiger partial charge in [-0.05, 0) is 42.3 Å². The number of aliphatic imine (C=N–C) groups is 1. The first-order valence-electron chi connectivity index (χ1n) is 9.65. The Morgan fingerprint density at radius 3 is 2.23 bits per heavy atom. The van der Waals surface area contributed by atoms with Gasteiger partial charge in [-0.25, -0.2) is 9.79 Å². The van der Waals surface area contributed by atoms with Crippen LogP contribution >= 0.6 is 0 Å². The number of benzene rings is 2. The van der Waals surface area contributed by atoms with Crippen molar-refractivity contribution in [2.24, 2.45) is 4.99 Å². The van der Waals surface area contributed by atoms with Crippen LogP contribution in [0.4, 0.5) is 0 Å². The van der Waals surface area contributed by atoms with Crippen molar-refractivity contribution in [3.8, 4) is 23.0 Å². The summed E-state index contributed by atoms with van der Waals surface area (Å²) in [5, 5.41) is 0. The second-order valence-electron chi connectivity index (χ2n) is 6.52. The van der Waals surface area contributed by atoms with Crippen LogP contribution in [0.5, 0.6) is 23.0 Å². The third-order valence-corrected chi connectivity index (χ3v) is 4.48. The van der Waals surface area contributed by atoms with E-state index < -0.39 is 5.97 Å². The topological polar surface area (TPSA) is 75.6 Å². The maximum atomic E-state index is 12.3. The van der Waals surface area contributed by atoms with Crippen LogP contribution < -0.4 is 18.9 Å². The van der Waals surface area contributed by atoms with E-state index in [1.807, 2.05) is 24.3 Å². The predicted octanol–water partition coefficient (Wildman–Crippen LogP) is 4.24. The number of hydrogen-bond donors (Lipinski definition) is 0. The Kier molecular flexibility index (Phi) is 6.95. The van der Waals surface area contributed by atoms with Gasteiger partial charge >= 0.3 is 5.97 Å². The first-order valence-corrected chi connectivity index (χ1v) is 9.65. The maximum Gasteiger partial charge on any atom is 0.363 e. The summed E-state index contributed by atoms with van der Waals surface area (Å²) < 4.78 is 27.0. The second-order valence-corrected chi connectivity index (χ2v) is 6.52. The molecule has 1 aliphatic rings. The Labute approximate surface area is 175 Å². The van der Waals surface area contributed by atoms with Gasteiger partial charge in [0, 0.05) is 5.56 Å². The van der Waals surface area contributed by atoms with Crippen LogP contribution in [0.25, 0.3) is 6.08 Å². The lowest BCUT2D eigenvalue weighted by molar-refractivity contribution is -0.129. The minimum absolute atomic E-state index is 0.171. The third-order valence-electron chi connectivity index (χ3n) is 4.48. The van der Waals surface area contributed by atoms with Gasteiger partial charge in [0.25, 0.3) is 0 Å². The number of rotatable bonds is 9. The lowest BCUT2D eigenvalue weighted by Crippen LogP contribution is -2.06. The fourth-order valence-electron chi connectivity index (χ4n) is 2.89. The van der Waals surface area contributed by atoms with Crippen LogP contribution in [0.15, 0.2) is 47.1 Å². The molecule has 0 N–H and O–H groups in total. The summed E-state index contributed by atoms with van der Waals surface area (Å²) >= 11 is 0. The van der Waals surface area contributed by atoms with E-state index in [0.29, 0.717) is 29.4 Å². The molecule has 7 heteroatoms. The van der Waals surface area contributed by atoms with Crippen molar-refractivity contribution in [3.05, 3.63) is 53.2 Å². The average molecular weight is 411 g/mol. The Balaban J connectivity index is 1.84. The molecule has 0 radical (unpaired) electrons. The largest absolute Gasteiger partial charge is 0.494 e. The molecule has 0 unspecified atom stereocenters. The molecule has 7 nitrogen and oxygen atoms in total. The molecule has 0 spiro atoms. The van der Waals surface area contributed by atoms with E-state index in [4.69, 9.17) is 23.7 Å². The van der Waals surface area contributed by atoms with Gasteiger partial charge in [-0.2, -0.15) is 0 Å². The van der Waals surface area contributed by atoms with Crippen molar-refractivity contribution >= 4 is 17.9 Å². The molecular weight excluding hydrogens is 386 g/mol. The molecule has 0 amide bonds. The third kappa shape index (κ3) is 4.74. The minimum Gasteiger partial charge on any atom is -0.494 e. The number of cyclic esters (lactones) is 1. The first kappa shape index (κ1) is 21.2. The summed E-state index contributed by atoms with van der Waals surface area (Å²) in [6.07, 6.45) is 3.76. The number of ether oxygens (including phenoxy) is 5. The van der Waals surface area contributed by atoms with Gasteiger partial charge in [-0.1, -0.05) is 25.5 Å². The molecule has 2 aromatic carbocycles. The molecule has 0 atom stereocenters. The zero-order valence-electron chi connectivity index (χ0n) is 17.6. The molecule has 3 rings (SSSR count). The number of esters is 1. The fourth-order valence-corrected chi connectivity index (χ4v) is 2.89. The maximum absolute atomic E-state index is 12.3. The summed E-state index contributed by atoms with van der Waals surface area (Å²) in [5.74, 6) is 1.78. The predicted molar refractivity (Wildman–Crippen MR) is 114 cm³/mol. The lowest BCUT2D eigenvalue weighted by Gasteiger charge is -2.13. The quantitative estimate of drug-likeness (QED) is 0.349. The van der Waals surface area contributed by atoms with E-state index in [-0.39, 0.29) is 11.6 Å². The standard InChI is InChI=1S/C23H25NO6/c1-5-6-11-29-17-9-7-15(8-10-17)12-18-23(25)30-22(24-18)16-13-19(26-2)21(28-4)20(14-16)27-3/h7-10,12-14H,5-6,11H2,1-4H3/b18-12+. The van der Waals surface area contributed by atoms with Gasteiger partial charge in [0.2, 0.25) is 11.6 Å². The van der Waals surface area contributed by atoms with Gasteiger partial charge in [0.1, 0.15) is 5.75 Å². The van der Waals surface area contributed by atoms with Crippen LogP contribution in [-0.4, -0.2) is 39.8 Å². The zero-order chi connectivity index (χ0) is 21.5. The van der Waals surface area contributed by atoms with Gasteiger partial charge in [0.15, 0.2) is 17.2 Å². The molecule has 1 aliphatic heterocycles. The van der Waals surface area contributed by atoms with E-state index in [2.05, 4.69) is 11.9 Å². The van der Waals surface area contributed by atoms with Crippen LogP contribution in [-0.2, 0) is 9.53 Å². The van der Waals surface area contributed by atoms with Crippen LogP contribution in [0, 0.1) is 0 Å². The molecule has 30 heavy (non-hydrogen) atoms. The number of nitrogens with zero attached hydrogens (tertiary/aromatic N) is 1. The smallest absolute Gasteiger partial charge is 0.363 e. The van der Waals surface area contributed by atoms with Crippen LogP contribution in [0.3, 0.4) is 0 Å². The fraction of sp³-hybridized carbons (Fsp3) is 0.304. The average Bonchev–Trinajstić information content (AvgIpc) is 3.14. The molecule has 0 saturated carbocycles. The second kappa shape index (κ2) is 9.82. The number of carbonyl (C=O) groups excluding carboxylic acids is 1. The Hall–Kier alpha value is -3.48. The van der Waals surface area contributed by atoms with E-state index in [1.54, 1.807) is 18.2 Å². The van der Waals surface area contributed by atoms with E-state index in [9.17, 15) is 4.79 Å². The number of carbonyl (C=O) groups is 1. The van der Waals surface area contributed by atoms with Crippen LogP contribution in [0.2, 0.25) is 0 Å². The van der Waals surface area contributed by atoms with Crippen molar-refractivity contribution in [1.29, 1.82) is 0 Å². The first-order chi connectivity index (χ1) is 14.6. The highest BCUT2D eigenvalue weighted by Crippen LogP contribution is 2.39. The van der Waals surface area contributed by atoms with Crippen molar-refractivity contribution < 1.29 is 28.5 Å². The molecule has 2 aromatic rings. The number of methoxy groups -OCH3 is 3. The Morgan fingerprint density at radius 2 is 1.67 bits per heavy atom. The number of hydrogen-bond acceptors (Lipinski definition) is 7. The summed E-state index contributed by atoms with van der Waals surface area (Å²) in [6, 6.07) is 10.8. The number of unbranched alkanes of at least 4 members (excludes halogenated alkanes) is 1. The molecule has 0 aliphatic carbocycles. The summed E-state index contributed by atoms with van der Waals surface area (Å²) in [6.45, 7) is 2.80. The van der Waals surface area contributed by atoms with Gasteiger partial charge in [-0.15, -0.1) is 0 Å². The van der Waals surface area contributed by atoms with Crippen molar-refractivity contribution in [1.82, 2.24) is 0 Å².